The van der Waals surface area contributed by atoms with Crippen molar-refractivity contribution in [3.63, 3.8) is 0 Å². The Hall–Kier alpha value is -0.390. The van der Waals surface area contributed by atoms with E-state index in [0.29, 0.717) is 5.75 Å². The summed E-state index contributed by atoms with van der Waals surface area (Å²) >= 11 is 1.53. The van der Waals surface area contributed by atoms with Crippen LogP contribution in [0.15, 0.2) is 0 Å². The van der Waals surface area contributed by atoms with Crippen molar-refractivity contribution in [2.75, 3.05) is 18.1 Å². The van der Waals surface area contributed by atoms with Crippen molar-refractivity contribution in [3.05, 3.63) is 0 Å². The fraction of sp³-hybridized carbons (Fsp3) is 0.857. The predicted molar refractivity (Wildman–Crippen MR) is 46.7 cm³/mol. The van der Waals surface area contributed by atoms with Crippen molar-refractivity contribution in [1.82, 2.24) is 5.32 Å². The van der Waals surface area contributed by atoms with Gasteiger partial charge in [0, 0.05) is 12.2 Å². The molecule has 0 atom stereocenters. The molecule has 1 amide bonds. The molecule has 1 N–H and O–H groups in total. The number of alkyl halides is 3. The number of carbonyl (C=O) groups excluding carboxylic acids is 1. The maximum absolute atomic E-state index is 11.6. The molecule has 0 aromatic heterocycles. The Morgan fingerprint density at radius 3 is 2.54 bits per heavy atom. The van der Waals surface area contributed by atoms with Crippen molar-refractivity contribution >= 4 is 17.7 Å². The molecule has 0 fully saturated rings. The van der Waals surface area contributed by atoms with Gasteiger partial charge in [0.05, 0.1) is 0 Å². The second-order valence-electron chi connectivity index (χ2n) is 2.34. The number of hydrogen-bond acceptors (Lipinski definition) is 2. The van der Waals surface area contributed by atoms with Gasteiger partial charge in [-0.25, -0.2) is 0 Å². The SMILES string of the molecule is CCSCCC(=O)NCC(F)(F)F. The Balaban J connectivity index is 3.41. The van der Waals surface area contributed by atoms with Crippen molar-refractivity contribution in [1.29, 1.82) is 0 Å². The lowest BCUT2D eigenvalue weighted by atomic mass is 10.4. The third-order valence-electron chi connectivity index (χ3n) is 1.16. The van der Waals surface area contributed by atoms with E-state index in [1.165, 1.54) is 11.8 Å². The average molecular weight is 215 g/mol. The van der Waals surface area contributed by atoms with Gasteiger partial charge >= 0.3 is 6.18 Å². The zero-order valence-electron chi connectivity index (χ0n) is 7.28. The number of hydrogen-bond donors (Lipinski definition) is 1. The van der Waals surface area contributed by atoms with E-state index in [1.54, 1.807) is 5.32 Å². The van der Waals surface area contributed by atoms with E-state index in [9.17, 15) is 18.0 Å². The first-order valence-electron chi connectivity index (χ1n) is 3.87. The number of rotatable bonds is 5. The third-order valence-corrected chi connectivity index (χ3v) is 2.06. The molecule has 0 aromatic rings. The fourth-order valence-corrected chi connectivity index (χ4v) is 1.21. The third kappa shape index (κ3) is 9.52. The lowest BCUT2D eigenvalue weighted by molar-refractivity contribution is -0.138. The van der Waals surface area contributed by atoms with Crippen LogP contribution in [-0.4, -0.2) is 30.1 Å². The summed E-state index contributed by atoms with van der Waals surface area (Å²) in [7, 11) is 0. The van der Waals surface area contributed by atoms with Gasteiger partial charge in [-0.1, -0.05) is 6.92 Å². The second-order valence-corrected chi connectivity index (χ2v) is 3.73. The summed E-state index contributed by atoms with van der Waals surface area (Å²) in [6, 6.07) is 0. The molecule has 0 rings (SSSR count). The Bertz CT molecular complexity index is 160. The van der Waals surface area contributed by atoms with Crippen LogP contribution in [0.2, 0.25) is 0 Å². The van der Waals surface area contributed by atoms with Crippen LogP contribution in [-0.2, 0) is 4.79 Å². The summed E-state index contributed by atoms with van der Waals surface area (Å²) in [6.45, 7) is 0.695. The van der Waals surface area contributed by atoms with Crippen LogP contribution in [0.25, 0.3) is 0 Å². The standard InChI is InChI=1S/C7H12F3NOS/c1-2-13-4-3-6(12)11-5-7(8,9)10/h2-5H2,1H3,(H,11,12). The van der Waals surface area contributed by atoms with E-state index in [1.807, 2.05) is 6.92 Å². The molecule has 0 aliphatic carbocycles. The van der Waals surface area contributed by atoms with Gasteiger partial charge in [0.1, 0.15) is 6.54 Å². The highest BCUT2D eigenvalue weighted by Crippen LogP contribution is 2.12. The zero-order chi connectivity index (χ0) is 10.3. The summed E-state index contributed by atoms with van der Waals surface area (Å²) in [6.07, 6.45) is -4.16. The smallest absolute Gasteiger partial charge is 0.347 e. The van der Waals surface area contributed by atoms with Crippen LogP contribution in [0.1, 0.15) is 13.3 Å². The van der Waals surface area contributed by atoms with Crippen LogP contribution in [0.4, 0.5) is 13.2 Å². The van der Waals surface area contributed by atoms with E-state index in [-0.39, 0.29) is 6.42 Å². The Kier molecular flexibility index (Phi) is 5.94. The van der Waals surface area contributed by atoms with E-state index < -0.39 is 18.6 Å². The Morgan fingerprint density at radius 1 is 1.46 bits per heavy atom. The molecule has 0 spiro atoms. The number of carbonyl (C=O) groups is 1. The first-order valence-corrected chi connectivity index (χ1v) is 5.02. The first kappa shape index (κ1) is 12.6. The van der Waals surface area contributed by atoms with Crippen LogP contribution >= 0.6 is 11.8 Å². The maximum atomic E-state index is 11.6. The second kappa shape index (κ2) is 6.12. The number of amides is 1. The summed E-state index contributed by atoms with van der Waals surface area (Å²) in [5, 5.41) is 1.80. The van der Waals surface area contributed by atoms with E-state index in [4.69, 9.17) is 0 Å². The summed E-state index contributed by atoms with van der Waals surface area (Å²) in [5.74, 6) is 0.894. The molecule has 0 unspecified atom stereocenters. The zero-order valence-corrected chi connectivity index (χ0v) is 8.10. The highest BCUT2D eigenvalue weighted by atomic mass is 32.2. The Labute approximate surface area is 79.3 Å². The minimum atomic E-state index is -4.31. The van der Waals surface area contributed by atoms with Gasteiger partial charge in [-0.3, -0.25) is 4.79 Å². The monoisotopic (exact) mass is 215 g/mol. The van der Waals surface area contributed by atoms with Crippen LogP contribution in [0, 0.1) is 0 Å². The van der Waals surface area contributed by atoms with Crippen molar-refractivity contribution in [2.45, 2.75) is 19.5 Å². The molecular weight excluding hydrogens is 203 g/mol. The first-order chi connectivity index (χ1) is 5.95. The van der Waals surface area contributed by atoms with Gasteiger partial charge in [0.15, 0.2) is 0 Å². The van der Waals surface area contributed by atoms with Crippen LogP contribution in [0.5, 0.6) is 0 Å². The van der Waals surface area contributed by atoms with Crippen molar-refractivity contribution in [3.8, 4) is 0 Å². The normalized spacial score (nSPS) is 11.4. The summed E-state index contributed by atoms with van der Waals surface area (Å²) < 4.78 is 34.8. The topological polar surface area (TPSA) is 29.1 Å². The molecule has 0 aliphatic rings. The molecule has 0 radical (unpaired) electrons. The minimum absolute atomic E-state index is 0.147. The van der Waals surface area contributed by atoms with Crippen LogP contribution in [0.3, 0.4) is 0 Å². The van der Waals surface area contributed by atoms with Crippen molar-refractivity contribution in [2.24, 2.45) is 0 Å². The number of thioether (sulfide) groups is 1. The largest absolute Gasteiger partial charge is 0.405 e. The molecule has 0 aliphatic heterocycles. The molecule has 0 saturated heterocycles. The number of halogens is 3. The molecule has 78 valence electrons. The highest BCUT2D eigenvalue weighted by molar-refractivity contribution is 7.99. The lowest BCUT2D eigenvalue weighted by Crippen LogP contribution is -2.33. The van der Waals surface area contributed by atoms with Gasteiger partial charge in [-0.15, -0.1) is 0 Å². The maximum Gasteiger partial charge on any atom is 0.405 e. The van der Waals surface area contributed by atoms with Crippen molar-refractivity contribution < 1.29 is 18.0 Å². The van der Waals surface area contributed by atoms with Gasteiger partial charge < -0.3 is 5.32 Å². The predicted octanol–water partition coefficient (Wildman–Crippen LogP) is 1.81. The van der Waals surface area contributed by atoms with E-state index in [0.717, 1.165) is 5.75 Å². The molecule has 6 heteroatoms. The van der Waals surface area contributed by atoms with Gasteiger partial charge in [-0.05, 0) is 5.75 Å². The molecule has 2 nitrogen and oxygen atoms in total. The number of nitrogens with one attached hydrogen (secondary N) is 1. The molecule has 0 aromatic carbocycles. The quantitative estimate of drug-likeness (QED) is 0.709. The van der Waals surface area contributed by atoms with Gasteiger partial charge in [0.25, 0.3) is 0 Å². The molecule has 13 heavy (non-hydrogen) atoms. The lowest BCUT2D eigenvalue weighted by Gasteiger charge is -2.07. The highest BCUT2D eigenvalue weighted by Gasteiger charge is 2.27. The van der Waals surface area contributed by atoms with E-state index >= 15 is 0 Å². The Morgan fingerprint density at radius 2 is 2.08 bits per heavy atom. The average Bonchev–Trinajstić information content (AvgIpc) is 2.00. The summed E-state index contributed by atoms with van der Waals surface area (Å²) in [5.41, 5.74) is 0. The molecule has 0 heterocycles. The van der Waals surface area contributed by atoms with Gasteiger partial charge in [0.2, 0.25) is 5.91 Å². The molecule has 0 bridgehead atoms. The fourth-order valence-electron chi connectivity index (χ4n) is 0.596. The molecule has 0 saturated carbocycles. The van der Waals surface area contributed by atoms with E-state index in [2.05, 4.69) is 0 Å². The summed E-state index contributed by atoms with van der Waals surface area (Å²) in [4.78, 5) is 10.7. The van der Waals surface area contributed by atoms with Crippen LogP contribution < -0.4 is 5.32 Å². The minimum Gasteiger partial charge on any atom is -0.347 e. The van der Waals surface area contributed by atoms with Gasteiger partial charge in [-0.2, -0.15) is 24.9 Å². The molecular formula is C7H12F3NOS.